The maximum absolute atomic E-state index is 12.3. The first-order valence-electron chi connectivity index (χ1n) is 8.67. The number of hydrogen-bond acceptors (Lipinski definition) is 7. The number of nitrogens with two attached hydrogens (primary N) is 1. The van der Waals surface area contributed by atoms with Gasteiger partial charge in [0.05, 0.1) is 18.1 Å². The molecule has 0 aliphatic carbocycles. The highest BCUT2D eigenvalue weighted by molar-refractivity contribution is 8.03. The fourth-order valence-electron chi connectivity index (χ4n) is 4.10. The van der Waals surface area contributed by atoms with Crippen molar-refractivity contribution >= 4 is 33.8 Å². The quantitative estimate of drug-likeness (QED) is 0.308. The van der Waals surface area contributed by atoms with Gasteiger partial charge in [-0.2, -0.15) is 8.42 Å². The first kappa shape index (κ1) is 20.6. The molecule has 1 amide bonds. The Morgan fingerprint density at radius 2 is 2.19 bits per heavy atom. The predicted molar refractivity (Wildman–Crippen MR) is 98.5 cm³/mol. The zero-order chi connectivity index (χ0) is 20.1. The fourth-order valence-corrected chi connectivity index (χ4v) is 6.05. The second-order valence-electron chi connectivity index (χ2n) is 7.25. The third-order valence-corrected chi connectivity index (χ3v) is 7.40. The van der Waals surface area contributed by atoms with E-state index >= 15 is 0 Å². The smallest absolute Gasteiger partial charge is 0.353 e. The molecule has 0 bridgehead atoms. The molecule has 0 saturated carbocycles. The topological polar surface area (TPSA) is 162 Å². The van der Waals surface area contributed by atoms with Crippen molar-refractivity contribution in [1.29, 1.82) is 0 Å². The molecule has 0 spiro atoms. The van der Waals surface area contributed by atoms with Gasteiger partial charge >= 0.3 is 5.97 Å². The van der Waals surface area contributed by atoms with Crippen LogP contribution in [0.3, 0.4) is 0 Å². The van der Waals surface area contributed by atoms with E-state index in [0.29, 0.717) is 17.9 Å². The standard InChI is InChI=1S/C15H24N4O6S2/c1-6-11-10(7(2)20)14(21)19(11)12(15(22)23)13(6)26-9-3-8(17-5-9)4-18-27(16,24)25/h6-11,17-18,20H,3-5H2,1-2H3,(H,22,23)(H2,16,24,25)/t6?,7?,8?,9-,10+,11+/m0/s1. The van der Waals surface area contributed by atoms with Crippen LogP contribution in [0.1, 0.15) is 20.3 Å². The van der Waals surface area contributed by atoms with Crippen LogP contribution in [-0.4, -0.2) is 71.9 Å². The summed E-state index contributed by atoms with van der Waals surface area (Å²) in [5, 5.41) is 27.7. The Labute approximate surface area is 161 Å². The van der Waals surface area contributed by atoms with Gasteiger partial charge in [-0.25, -0.2) is 14.7 Å². The number of hydrogen-bond donors (Lipinski definition) is 5. The lowest BCUT2D eigenvalue weighted by molar-refractivity contribution is -0.163. The average Bonchev–Trinajstić information content (AvgIpc) is 3.07. The summed E-state index contributed by atoms with van der Waals surface area (Å²) in [7, 11) is -3.76. The molecule has 0 aromatic rings. The summed E-state index contributed by atoms with van der Waals surface area (Å²) in [6, 6.07) is -0.435. The maximum Gasteiger partial charge on any atom is 0.353 e. The first-order valence-corrected chi connectivity index (χ1v) is 11.1. The Morgan fingerprint density at radius 3 is 2.74 bits per heavy atom. The molecule has 6 atom stereocenters. The number of amides is 1. The minimum atomic E-state index is -3.76. The van der Waals surface area contributed by atoms with E-state index < -0.39 is 28.2 Å². The molecule has 2 saturated heterocycles. The van der Waals surface area contributed by atoms with Crippen LogP contribution in [0, 0.1) is 11.8 Å². The largest absolute Gasteiger partial charge is 0.477 e. The number of carboxylic acid groups (broad SMARTS) is 1. The Balaban J connectivity index is 1.71. The summed E-state index contributed by atoms with van der Waals surface area (Å²) in [5.74, 6) is -2.27. The molecule has 3 unspecified atom stereocenters. The third kappa shape index (κ3) is 3.87. The van der Waals surface area contributed by atoms with Gasteiger partial charge in [-0.3, -0.25) is 4.79 Å². The Hall–Kier alpha value is -1.18. The predicted octanol–water partition coefficient (Wildman–Crippen LogP) is -1.60. The maximum atomic E-state index is 12.3. The number of rotatable bonds is 7. The second-order valence-corrected chi connectivity index (χ2v) is 9.97. The Kier molecular flexibility index (Phi) is 5.58. The molecule has 152 valence electrons. The lowest BCUT2D eigenvalue weighted by atomic mass is 9.79. The SMILES string of the molecule is CC(O)[C@H]1C(=O)N2C(C(=O)O)=C(S[C@@H]3CNC(CNS(N)(=O)=O)C3)C(C)[C@H]12. The van der Waals surface area contributed by atoms with Gasteiger partial charge in [0, 0.05) is 35.2 Å². The van der Waals surface area contributed by atoms with E-state index in [0.717, 1.165) is 0 Å². The number of carboxylic acids is 1. The van der Waals surface area contributed by atoms with Crippen molar-refractivity contribution in [3.8, 4) is 0 Å². The van der Waals surface area contributed by atoms with E-state index in [2.05, 4.69) is 10.0 Å². The number of aliphatic carboxylic acids is 1. The molecule has 3 aliphatic heterocycles. The monoisotopic (exact) mass is 420 g/mol. The number of aliphatic hydroxyl groups is 1. The molecule has 0 radical (unpaired) electrons. The molecular weight excluding hydrogens is 396 g/mol. The molecule has 3 rings (SSSR count). The van der Waals surface area contributed by atoms with Crippen LogP contribution in [0.25, 0.3) is 0 Å². The van der Waals surface area contributed by atoms with Crippen molar-refractivity contribution in [2.45, 2.75) is 43.7 Å². The Bertz CT molecular complexity index is 783. The highest BCUT2D eigenvalue weighted by Crippen LogP contribution is 2.51. The number of carbonyl (C=O) groups excluding carboxylic acids is 1. The summed E-state index contributed by atoms with van der Waals surface area (Å²) in [6.07, 6.45) is -0.197. The number of carbonyl (C=O) groups is 2. The number of nitrogens with zero attached hydrogens (tertiary/aromatic N) is 1. The van der Waals surface area contributed by atoms with Crippen LogP contribution in [0.15, 0.2) is 10.6 Å². The molecule has 27 heavy (non-hydrogen) atoms. The van der Waals surface area contributed by atoms with Crippen molar-refractivity contribution in [3.05, 3.63) is 10.6 Å². The summed E-state index contributed by atoms with van der Waals surface area (Å²) in [4.78, 5) is 26.1. The highest BCUT2D eigenvalue weighted by Gasteiger charge is 2.60. The molecule has 6 N–H and O–H groups in total. The van der Waals surface area contributed by atoms with Crippen LogP contribution in [0.5, 0.6) is 0 Å². The first-order chi connectivity index (χ1) is 12.5. The zero-order valence-corrected chi connectivity index (χ0v) is 16.6. The lowest BCUT2D eigenvalue weighted by Crippen LogP contribution is -2.63. The molecular formula is C15H24N4O6S2. The van der Waals surface area contributed by atoms with Crippen molar-refractivity contribution in [2.75, 3.05) is 13.1 Å². The van der Waals surface area contributed by atoms with Gasteiger partial charge in [0.1, 0.15) is 5.70 Å². The van der Waals surface area contributed by atoms with Crippen molar-refractivity contribution in [2.24, 2.45) is 17.0 Å². The minimum Gasteiger partial charge on any atom is -0.477 e. The van der Waals surface area contributed by atoms with Crippen LogP contribution < -0.4 is 15.2 Å². The molecule has 2 fully saturated rings. The normalized spacial score (nSPS) is 34.6. The van der Waals surface area contributed by atoms with E-state index in [1.165, 1.54) is 16.7 Å². The van der Waals surface area contributed by atoms with Gasteiger partial charge < -0.3 is 20.4 Å². The second kappa shape index (κ2) is 7.33. The summed E-state index contributed by atoms with van der Waals surface area (Å²) < 4.78 is 24.3. The number of nitrogens with one attached hydrogen (secondary N) is 2. The van der Waals surface area contributed by atoms with E-state index in [4.69, 9.17) is 5.14 Å². The van der Waals surface area contributed by atoms with E-state index in [1.807, 2.05) is 6.92 Å². The van der Waals surface area contributed by atoms with Gasteiger partial charge in [-0.1, -0.05) is 6.92 Å². The van der Waals surface area contributed by atoms with Crippen LogP contribution in [-0.2, 0) is 19.8 Å². The van der Waals surface area contributed by atoms with Crippen molar-refractivity contribution in [1.82, 2.24) is 14.9 Å². The number of fused-ring (bicyclic) bond motifs is 1. The number of β-lactam (4-membered cyclic amide) rings is 1. The van der Waals surface area contributed by atoms with Gasteiger partial charge in [-0.05, 0) is 13.3 Å². The third-order valence-electron chi connectivity index (χ3n) is 5.32. The van der Waals surface area contributed by atoms with Crippen LogP contribution in [0.2, 0.25) is 0 Å². The van der Waals surface area contributed by atoms with Gasteiger partial charge in [0.25, 0.3) is 10.2 Å². The van der Waals surface area contributed by atoms with Crippen LogP contribution >= 0.6 is 11.8 Å². The van der Waals surface area contributed by atoms with E-state index in [-0.39, 0.29) is 41.4 Å². The van der Waals surface area contributed by atoms with E-state index in [9.17, 15) is 28.2 Å². The molecule has 3 heterocycles. The highest BCUT2D eigenvalue weighted by atomic mass is 32.2. The lowest BCUT2D eigenvalue weighted by Gasteiger charge is -2.46. The van der Waals surface area contributed by atoms with Gasteiger partial charge in [0.15, 0.2) is 0 Å². The summed E-state index contributed by atoms with van der Waals surface area (Å²) >= 11 is 1.41. The van der Waals surface area contributed by atoms with Gasteiger partial charge in [0.2, 0.25) is 5.91 Å². The molecule has 10 nitrogen and oxygen atoms in total. The van der Waals surface area contributed by atoms with Crippen molar-refractivity contribution in [3.63, 3.8) is 0 Å². The van der Waals surface area contributed by atoms with Crippen molar-refractivity contribution < 1.29 is 28.2 Å². The molecule has 0 aromatic carbocycles. The average molecular weight is 421 g/mol. The molecule has 3 aliphatic rings. The number of aliphatic hydroxyl groups excluding tert-OH is 1. The summed E-state index contributed by atoms with van der Waals surface area (Å²) in [5.41, 5.74) is 0.00510. The van der Waals surface area contributed by atoms with Gasteiger partial charge in [-0.15, -0.1) is 11.8 Å². The fraction of sp³-hybridized carbons (Fsp3) is 0.733. The van der Waals surface area contributed by atoms with Crippen LogP contribution in [0.4, 0.5) is 0 Å². The number of thioether (sulfide) groups is 1. The Morgan fingerprint density at radius 1 is 1.52 bits per heavy atom. The zero-order valence-electron chi connectivity index (χ0n) is 15.0. The summed E-state index contributed by atoms with van der Waals surface area (Å²) in [6.45, 7) is 4.17. The minimum absolute atomic E-state index is 0.00510. The molecule has 12 heteroatoms. The van der Waals surface area contributed by atoms with E-state index in [1.54, 1.807) is 6.92 Å². The molecule has 0 aromatic heterocycles.